The SMILES string of the molecule is C[Si]1(C)c2cc3c(cc2Sc2c(-n4c5ccccc5n5c6ccccc6nc45)cccc21)-c1ccccc1-c1ccccc1-c1ccccc1-3. The van der Waals surface area contributed by atoms with E-state index in [-0.39, 0.29) is 0 Å². The van der Waals surface area contributed by atoms with Crippen molar-refractivity contribution in [3.8, 4) is 50.2 Å². The number of benzene rings is 7. The van der Waals surface area contributed by atoms with E-state index in [2.05, 4.69) is 174 Å². The van der Waals surface area contributed by atoms with Crippen molar-refractivity contribution >= 4 is 58.1 Å². The molecule has 0 unspecified atom stereocenters. The maximum absolute atomic E-state index is 5.23. The van der Waals surface area contributed by atoms with E-state index in [0.29, 0.717) is 0 Å². The van der Waals surface area contributed by atoms with Gasteiger partial charge in [0.25, 0.3) is 0 Å². The molecule has 0 fully saturated rings. The molecule has 1 aliphatic carbocycles. The van der Waals surface area contributed by atoms with Crippen LogP contribution in [0.3, 0.4) is 0 Å². The third-order valence-electron chi connectivity index (χ3n) is 11.0. The second-order valence-corrected chi connectivity index (χ2v) is 19.4. The van der Waals surface area contributed by atoms with Gasteiger partial charge in [-0.1, -0.05) is 140 Å². The summed E-state index contributed by atoms with van der Waals surface area (Å²) in [7, 11) is -2.18. The van der Waals surface area contributed by atoms with Crippen LogP contribution in [-0.4, -0.2) is 22.0 Å². The van der Waals surface area contributed by atoms with Crippen molar-refractivity contribution in [3.05, 3.63) is 152 Å². The molecule has 0 saturated carbocycles. The Kier molecular flexibility index (Phi) is 5.76. The van der Waals surface area contributed by atoms with Crippen molar-refractivity contribution in [1.82, 2.24) is 14.0 Å². The van der Waals surface area contributed by atoms with Crippen LogP contribution in [0.25, 0.3) is 78.0 Å². The summed E-state index contributed by atoms with van der Waals surface area (Å²) in [6.07, 6.45) is 0. The lowest BCUT2D eigenvalue weighted by Crippen LogP contribution is -2.56. The summed E-state index contributed by atoms with van der Waals surface area (Å²) in [4.78, 5) is 7.94. The van der Waals surface area contributed by atoms with E-state index in [1.165, 1.54) is 81.4 Å². The Morgan fingerprint density at radius 3 is 1.64 bits per heavy atom. The number of hydrogen-bond acceptors (Lipinski definition) is 2. The van der Waals surface area contributed by atoms with Gasteiger partial charge in [-0.3, -0.25) is 8.97 Å². The molecule has 7 aromatic carbocycles. The van der Waals surface area contributed by atoms with Gasteiger partial charge in [-0.15, -0.1) is 0 Å². The quantitative estimate of drug-likeness (QED) is 0.162. The zero-order valence-electron chi connectivity index (χ0n) is 27.7. The molecule has 0 atom stereocenters. The van der Waals surface area contributed by atoms with Gasteiger partial charge >= 0.3 is 0 Å². The summed E-state index contributed by atoms with van der Waals surface area (Å²) in [5.74, 6) is 0.953. The maximum atomic E-state index is 5.23. The van der Waals surface area contributed by atoms with E-state index in [1.54, 1.807) is 0 Å². The van der Waals surface area contributed by atoms with Gasteiger partial charge in [0, 0.05) is 9.79 Å². The smallest absolute Gasteiger partial charge is 0.220 e. The first kappa shape index (κ1) is 28.2. The second kappa shape index (κ2) is 10.2. The lowest BCUT2D eigenvalue weighted by molar-refractivity contribution is 1.08. The van der Waals surface area contributed by atoms with Crippen LogP contribution in [0.1, 0.15) is 0 Å². The molecule has 1 aliphatic heterocycles. The van der Waals surface area contributed by atoms with Gasteiger partial charge < -0.3 is 0 Å². The molecular formula is C45H31N3SSi. The van der Waals surface area contributed by atoms with Crippen LogP contribution in [0.15, 0.2) is 161 Å². The zero-order chi connectivity index (χ0) is 33.1. The molecular weight excluding hydrogens is 643 g/mol. The van der Waals surface area contributed by atoms with E-state index in [9.17, 15) is 0 Å². The summed E-state index contributed by atoms with van der Waals surface area (Å²) in [5, 5.41) is 2.98. The first-order chi connectivity index (χ1) is 24.6. The molecule has 0 radical (unpaired) electrons. The monoisotopic (exact) mass is 673 g/mol. The summed E-state index contributed by atoms with van der Waals surface area (Å²) in [5.41, 5.74) is 16.0. The largest absolute Gasteiger partial charge is 0.277 e. The van der Waals surface area contributed by atoms with Crippen molar-refractivity contribution in [2.24, 2.45) is 0 Å². The van der Waals surface area contributed by atoms with Gasteiger partial charge in [0.2, 0.25) is 5.78 Å². The first-order valence-electron chi connectivity index (χ1n) is 17.2. The van der Waals surface area contributed by atoms with Crippen LogP contribution in [0.4, 0.5) is 0 Å². The minimum atomic E-state index is -2.18. The lowest BCUT2D eigenvalue weighted by atomic mass is 9.81. The van der Waals surface area contributed by atoms with E-state index in [1.807, 2.05) is 11.8 Å². The number of para-hydroxylation sites is 4. The van der Waals surface area contributed by atoms with E-state index < -0.39 is 8.07 Å². The fourth-order valence-electron chi connectivity index (χ4n) is 8.60. The van der Waals surface area contributed by atoms with Crippen molar-refractivity contribution in [1.29, 1.82) is 0 Å². The van der Waals surface area contributed by atoms with Crippen LogP contribution in [0.2, 0.25) is 13.1 Å². The van der Waals surface area contributed by atoms with Crippen molar-refractivity contribution in [3.63, 3.8) is 0 Å². The number of fused-ring (bicyclic) bond motifs is 15. The van der Waals surface area contributed by atoms with Crippen LogP contribution in [0.5, 0.6) is 0 Å². The van der Waals surface area contributed by atoms with Gasteiger partial charge in [0.05, 0.1) is 27.8 Å². The van der Waals surface area contributed by atoms with E-state index in [0.717, 1.165) is 16.8 Å². The van der Waals surface area contributed by atoms with E-state index >= 15 is 0 Å². The highest BCUT2D eigenvalue weighted by Gasteiger charge is 2.38. The molecule has 9 aromatic rings. The average molecular weight is 674 g/mol. The average Bonchev–Trinajstić information content (AvgIpc) is 3.69. The van der Waals surface area contributed by atoms with Gasteiger partial charge in [0.15, 0.2) is 0 Å². The second-order valence-electron chi connectivity index (χ2n) is 14.0. The summed E-state index contributed by atoms with van der Waals surface area (Å²) >= 11 is 1.94. The fraction of sp³-hybridized carbons (Fsp3) is 0.0444. The summed E-state index contributed by atoms with van der Waals surface area (Å²) in [6, 6.07) is 56.1. The Bertz CT molecular complexity index is 2890. The zero-order valence-corrected chi connectivity index (χ0v) is 29.5. The minimum Gasteiger partial charge on any atom is -0.277 e. The normalized spacial score (nSPS) is 13.9. The van der Waals surface area contributed by atoms with Crippen LogP contribution >= 0.6 is 11.8 Å². The van der Waals surface area contributed by atoms with Crippen molar-refractivity contribution in [2.45, 2.75) is 22.9 Å². The topological polar surface area (TPSA) is 22.2 Å². The number of aromatic nitrogens is 3. The molecule has 0 amide bonds. The maximum Gasteiger partial charge on any atom is 0.220 e. The molecule has 2 aliphatic rings. The molecule has 0 N–H and O–H groups in total. The highest BCUT2D eigenvalue weighted by Crippen LogP contribution is 2.49. The number of imidazole rings is 2. The Morgan fingerprint density at radius 2 is 1.00 bits per heavy atom. The number of rotatable bonds is 1. The molecule has 236 valence electrons. The first-order valence-corrected chi connectivity index (χ1v) is 21.0. The highest BCUT2D eigenvalue weighted by molar-refractivity contribution is 8.00. The summed E-state index contributed by atoms with van der Waals surface area (Å²) < 4.78 is 4.72. The Labute approximate surface area is 295 Å². The molecule has 5 heteroatoms. The molecule has 50 heavy (non-hydrogen) atoms. The molecule has 3 heterocycles. The predicted octanol–water partition coefficient (Wildman–Crippen LogP) is 10.7. The molecule has 11 rings (SSSR count). The van der Waals surface area contributed by atoms with Gasteiger partial charge in [-0.05, 0) is 91.3 Å². The molecule has 0 saturated heterocycles. The summed E-state index contributed by atoms with van der Waals surface area (Å²) in [6.45, 7) is 5.07. The highest BCUT2D eigenvalue weighted by atomic mass is 32.2. The number of nitrogens with zero attached hydrogens (tertiary/aromatic N) is 3. The van der Waals surface area contributed by atoms with Crippen LogP contribution in [0, 0.1) is 0 Å². The third kappa shape index (κ3) is 3.73. The number of hydrogen-bond donors (Lipinski definition) is 0. The lowest BCUT2D eigenvalue weighted by Gasteiger charge is -2.35. The molecule has 3 nitrogen and oxygen atoms in total. The predicted molar refractivity (Wildman–Crippen MR) is 212 cm³/mol. The molecule has 2 aromatic heterocycles. The molecule has 0 spiro atoms. The minimum absolute atomic E-state index is 0.953. The standard InChI is InChI=1S/C45H31N3SSi/c1-50(2)42-25-13-24-40(48-39-23-12-11-22-38(39)47-37-21-10-9-20-36(37)46-45(47)48)44(42)49-41-26-34-32-18-7-5-16-30(32)28-14-3-4-15-29(28)31-17-6-8-19-33(31)35(34)27-43(41)50/h3-27H,1-2H3. The van der Waals surface area contributed by atoms with Gasteiger partial charge in [0.1, 0.15) is 8.07 Å². The van der Waals surface area contributed by atoms with Crippen LogP contribution in [-0.2, 0) is 0 Å². The van der Waals surface area contributed by atoms with Crippen molar-refractivity contribution < 1.29 is 0 Å². The third-order valence-corrected chi connectivity index (χ3v) is 16.0. The van der Waals surface area contributed by atoms with Gasteiger partial charge in [-0.2, -0.15) is 0 Å². The Balaban J connectivity index is 1.19. The van der Waals surface area contributed by atoms with E-state index in [4.69, 9.17) is 4.98 Å². The van der Waals surface area contributed by atoms with Gasteiger partial charge in [-0.25, -0.2) is 4.98 Å². The van der Waals surface area contributed by atoms with Crippen LogP contribution < -0.4 is 10.4 Å². The molecule has 0 bridgehead atoms. The Hall–Kier alpha value is -5.62. The van der Waals surface area contributed by atoms with Crippen molar-refractivity contribution in [2.75, 3.05) is 0 Å². The Morgan fingerprint density at radius 1 is 0.480 bits per heavy atom. The fourth-order valence-corrected chi connectivity index (χ4v) is 14.1.